The first-order chi connectivity index (χ1) is 15.7. The van der Waals surface area contributed by atoms with E-state index in [-0.39, 0.29) is 5.97 Å². The van der Waals surface area contributed by atoms with Crippen LogP contribution in [0.1, 0.15) is 118 Å². The van der Waals surface area contributed by atoms with Crippen molar-refractivity contribution in [1.82, 2.24) is 0 Å². The van der Waals surface area contributed by atoms with Crippen molar-refractivity contribution in [3.05, 3.63) is 35.4 Å². The maximum atomic E-state index is 12.0. The molecule has 0 N–H and O–H groups in total. The Bertz CT molecular complexity index is 597. The molecule has 0 amide bonds. The van der Waals surface area contributed by atoms with Crippen molar-refractivity contribution in [2.45, 2.75) is 96.8 Å². The first kappa shape index (κ1) is 28.2. The number of hydrogen-bond acceptors (Lipinski definition) is 5. The average molecular weight is 449 g/mol. The summed E-state index contributed by atoms with van der Waals surface area (Å²) in [6.45, 7) is 4.50. The molecule has 0 aromatic heterocycles. The average Bonchev–Trinajstić information content (AvgIpc) is 2.82. The largest absolute Gasteiger partial charge is 0.465 e. The Labute approximate surface area is 195 Å². The quantitative estimate of drug-likeness (QED) is 0.157. The molecule has 1 rings (SSSR count). The molecule has 5 heteroatoms. The number of carbonyl (C=O) groups excluding carboxylic acids is 2. The summed E-state index contributed by atoms with van der Waals surface area (Å²) in [5, 5.41) is 0. The summed E-state index contributed by atoms with van der Waals surface area (Å²) in [5.74, 6) is -0.765. The Hall–Kier alpha value is -1.88. The number of carbonyl (C=O) groups is 2. The molecule has 0 fully saturated rings. The van der Waals surface area contributed by atoms with Gasteiger partial charge in [0.1, 0.15) is 0 Å². The van der Waals surface area contributed by atoms with E-state index in [9.17, 15) is 9.59 Å². The van der Waals surface area contributed by atoms with Crippen molar-refractivity contribution in [1.29, 1.82) is 0 Å². The minimum Gasteiger partial charge on any atom is -0.465 e. The van der Waals surface area contributed by atoms with Gasteiger partial charge in [-0.3, -0.25) is 0 Å². The fourth-order valence-corrected chi connectivity index (χ4v) is 3.56. The van der Waals surface area contributed by atoms with Gasteiger partial charge in [-0.1, -0.05) is 77.6 Å². The molecule has 1 aromatic rings. The molecule has 0 radical (unpaired) electrons. The third-order valence-corrected chi connectivity index (χ3v) is 5.60. The third kappa shape index (κ3) is 14.2. The van der Waals surface area contributed by atoms with Gasteiger partial charge in [0.15, 0.2) is 0 Å². The zero-order chi connectivity index (χ0) is 23.3. The van der Waals surface area contributed by atoms with Crippen LogP contribution in [0.5, 0.6) is 0 Å². The highest BCUT2D eigenvalue weighted by Gasteiger charge is 2.09. The molecule has 0 saturated heterocycles. The molecule has 0 aliphatic carbocycles. The summed E-state index contributed by atoms with van der Waals surface area (Å²) in [6.07, 6.45) is 17.3. The van der Waals surface area contributed by atoms with Crippen molar-refractivity contribution < 1.29 is 23.8 Å². The van der Waals surface area contributed by atoms with Crippen molar-refractivity contribution in [2.24, 2.45) is 0 Å². The van der Waals surface area contributed by atoms with E-state index in [0.29, 0.717) is 17.7 Å². The minimum absolute atomic E-state index is 0.349. The van der Waals surface area contributed by atoms with Gasteiger partial charge in [0, 0.05) is 13.2 Å². The smallest absolute Gasteiger partial charge is 0.338 e. The molecule has 1 aromatic carbocycles. The third-order valence-electron chi connectivity index (χ3n) is 5.60. The van der Waals surface area contributed by atoms with E-state index in [2.05, 4.69) is 11.7 Å². The molecule has 0 bridgehead atoms. The number of ether oxygens (including phenoxy) is 3. The van der Waals surface area contributed by atoms with Crippen LogP contribution in [0, 0.1) is 0 Å². The molecule has 182 valence electrons. The maximum Gasteiger partial charge on any atom is 0.338 e. The van der Waals surface area contributed by atoms with E-state index < -0.39 is 5.97 Å². The Morgan fingerprint density at radius 3 is 1.47 bits per heavy atom. The van der Waals surface area contributed by atoms with E-state index in [1.165, 1.54) is 77.7 Å². The molecule has 0 spiro atoms. The molecule has 0 unspecified atom stereocenters. The van der Waals surface area contributed by atoms with Crippen LogP contribution >= 0.6 is 0 Å². The second-order valence-electron chi connectivity index (χ2n) is 8.41. The van der Waals surface area contributed by atoms with Gasteiger partial charge in [0.05, 0.1) is 24.8 Å². The summed E-state index contributed by atoms with van der Waals surface area (Å²) < 4.78 is 15.7. The molecule has 0 atom stereocenters. The van der Waals surface area contributed by atoms with E-state index in [1.54, 1.807) is 24.3 Å². The highest BCUT2D eigenvalue weighted by atomic mass is 16.5. The Balaban J connectivity index is 1.86. The number of benzene rings is 1. The van der Waals surface area contributed by atoms with Gasteiger partial charge in [0.25, 0.3) is 0 Å². The van der Waals surface area contributed by atoms with Crippen LogP contribution in [0.4, 0.5) is 0 Å². The van der Waals surface area contributed by atoms with Crippen LogP contribution in [-0.4, -0.2) is 38.9 Å². The number of hydrogen-bond donors (Lipinski definition) is 0. The number of unbranched alkanes of at least 4 members (excludes halogenated alkanes) is 12. The highest BCUT2D eigenvalue weighted by molar-refractivity contribution is 5.93. The molecule has 0 heterocycles. The first-order valence-electron chi connectivity index (χ1n) is 12.6. The standard InChI is InChI=1S/C27H44O5/c1-3-4-5-6-8-11-14-21-31-22-15-12-9-7-10-13-16-23-32-27(29)25-19-17-24(18-20-25)26(28)30-2/h17-20H,3-16,21-23H2,1-2H3. The van der Waals surface area contributed by atoms with Gasteiger partial charge in [-0.05, 0) is 43.5 Å². The lowest BCUT2D eigenvalue weighted by Crippen LogP contribution is -2.07. The van der Waals surface area contributed by atoms with Crippen LogP contribution in [0.2, 0.25) is 0 Å². The fourth-order valence-electron chi connectivity index (χ4n) is 3.56. The van der Waals surface area contributed by atoms with E-state index in [1.807, 2.05) is 0 Å². The molecular weight excluding hydrogens is 404 g/mol. The van der Waals surface area contributed by atoms with Gasteiger partial charge in [0.2, 0.25) is 0 Å². The second-order valence-corrected chi connectivity index (χ2v) is 8.41. The minimum atomic E-state index is -0.416. The second kappa shape index (κ2) is 19.8. The summed E-state index contributed by atoms with van der Waals surface area (Å²) >= 11 is 0. The number of esters is 2. The van der Waals surface area contributed by atoms with Crippen LogP contribution in [0.25, 0.3) is 0 Å². The molecule has 0 saturated carbocycles. The maximum absolute atomic E-state index is 12.0. The first-order valence-corrected chi connectivity index (χ1v) is 12.6. The van der Waals surface area contributed by atoms with E-state index in [4.69, 9.17) is 9.47 Å². The van der Waals surface area contributed by atoms with Crippen LogP contribution in [0.15, 0.2) is 24.3 Å². The Morgan fingerprint density at radius 1 is 0.594 bits per heavy atom. The number of rotatable bonds is 20. The predicted molar refractivity (Wildman–Crippen MR) is 129 cm³/mol. The molecule has 0 aliphatic heterocycles. The molecular formula is C27H44O5. The summed E-state index contributed by atoms with van der Waals surface area (Å²) in [4.78, 5) is 23.4. The topological polar surface area (TPSA) is 61.8 Å². The van der Waals surface area contributed by atoms with E-state index >= 15 is 0 Å². The van der Waals surface area contributed by atoms with Gasteiger partial charge in [-0.25, -0.2) is 9.59 Å². The SMILES string of the molecule is CCCCCCCCCOCCCCCCCCCOC(=O)c1ccc(C(=O)OC)cc1. The zero-order valence-corrected chi connectivity index (χ0v) is 20.4. The zero-order valence-electron chi connectivity index (χ0n) is 20.4. The predicted octanol–water partition coefficient (Wildman–Crippen LogP) is 7.13. The molecule has 5 nitrogen and oxygen atoms in total. The van der Waals surface area contributed by atoms with Crippen molar-refractivity contribution >= 4 is 11.9 Å². The normalized spacial score (nSPS) is 10.8. The van der Waals surface area contributed by atoms with Crippen LogP contribution in [0.3, 0.4) is 0 Å². The van der Waals surface area contributed by atoms with Crippen molar-refractivity contribution in [2.75, 3.05) is 26.9 Å². The fraction of sp³-hybridized carbons (Fsp3) is 0.704. The lowest BCUT2D eigenvalue weighted by molar-refractivity contribution is 0.0495. The summed E-state index contributed by atoms with van der Waals surface area (Å²) in [7, 11) is 1.33. The van der Waals surface area contributed by atoms with Crippen LogP contribution < -0.4 is 0 Å². The van der Waals surface area contributed by atoms with Gasteiger partial charge in [-0.2, -0.15) is 0 Å². The van der Waals surface area contributed by atoms with Crippen LogP contribution in [-0.2, 0) is 14.2 Å². The summed E-state index contributed by atoms with van der Waals surface area (Å²) in [5.41, 5.74) is 0.871. The van der Waals surface area contributed by atoms with E-state index in [0.717, 1.165) is 32.5 Å². The number of methoxy groups -OCH3 is 1. The lowest BCUT2D eigenvalue weighted by atomic mass is 10.1. The highest BCUT2D eigenvalue weighted by Crippen LogP contribution is 2.11. The Kier molecular flexibility index (Phi) is 17.4. The van der Waals surface area contributed by atoms with Gasteiger partial charge < -0.3 is 14.2 Å². The lowest BCUT2D eigenvalue weighted by Gasteiger charge is -2.06. The summed E-state index contributed by atoms with van der Waals surface area (Å²) in [6, 6.07) is 6.33. The molecule has 32 heavy (non-hydrogen) atoms. The monoisotopic (exact) mass is 448 g/mol. The van der Waals surface area contributed by atoms with Gasteiger partial charge >= 0.3 is 11.9 Å². The van der Waals surface area contributed by atoms with Crippen molar-refractivity contribution in [3.8, 4) is 0 Å². The van der Waals surface area contributed by atoms with Gasteiger partial charge in [-0.15, -0.1) is 0 Å². The Morgan fingerprint density at radius 2 is 1.00 bits per heavy atom. The molecule has 0 aliphatic rings. The van der Waals surface area contributed by atoms with Crippen molar-refractivity contribution in [3.63, 3.8) is 0 Å².